The van der Waals surface area contributed by atoms with Gasteiger partial charge < -0.3 is 10.5 Å². The molecule has 3 unspecified atom stereocenters. The van der Waals surface area contributed by atoms with Gasteiger partial charge in [0.05, 0.1) is 6.61 Å². The van der Waals surface area contributed by atoms with Crippen LogP contribution in [0.25, 0.3) is 0 Å². The molecule has 2 saturated heterocycles. The second kappa shape index (κ2) is 5.25. The van der Waals surface area contributed by atoms with Gasteiger partial charge in [0.1, 0.15) is 0 Å². The van der Waals surface area contributed by atoms with Gasteiger partial charge in [-0.3, -0.25) is 4.90 Å². The Balaban J connectivity index is 1.96. The van der Waals surface area contributed by atoms with E-state index in [0.717, 1.165) is 38.0 Å². The van der Waals surface area contributed by atoms with Gasteiger partial charge in [0.2, 0.25) is 0 Å². The molecule has 3 nitrogen and oxygen atoms in total. The molecule has 3 atom stereocenters. The number of ether oxygens (including phenoxy) is 1. The molecule has 0 aromatic heterocycles. The van der Waals surface area contributed by atoms with Gasteiger partial charge in [0.15, 0.2) is 0 Å². The molecular formula is C12H24N2OS. The van der Waals surface area contributed by atoms with E-state index in [2.05, 4.69) is 30.5 Å². The number of nitrogens with two attached hydrogens (primary N) is 1. The summed E-state index contributed by atoms with van der Waals surface area (Å²) in [6.07, 6.45) is 1.13. The van der Waals surface area contributed by atoms with Gasteiger partial charge in [0.25, 0.3) is 0 Å². The van der Waals surface area contributed by atoms with Crippen LogP contribution in [0.2, 0.25) is 0 Å². The SMILES string of the molecule is CC1SCCN(CC2(CN)CCOC2)C1C. The summed E-state index contributed by atoms with van der Waals surface area (Å²) >= 11 is 2.09. The van der Waals surface area contributed by atoms with Crippen molar-refractivity contribution in [1.82, 2.24) is 4.90 Å². The van der Waals surface area contributed by atoms with E-state index in [-0.39, 0.29) is 5.41 Å². The molecule has 0 aliphatic carbocycles. The minimum absolute atomic E-state index is 0.232. The predicted molar refractivity (Wildman–Crippen MR) is 69.9 cm³/mol. The summed E-state index contributed by atoms with van der Waals surface area (Å²) in [5.74, 6) is 1.26. The molecule has 94 valence electrons. The Morgan fingerprint density at radius 3 is 2.94 bits per heavy atom. The summed E-state index contributed by atoms with van der Waals surface area (Å²) in [5, 5.41) is 0.742. The summed E-state index contributed by atoms with van der Waals surface area (Å²) in [6.45, 7) is 9.52. The van der Waals surface area contributed by atoms with Crippen molar-refractivity contribution in [2.75, 3.05) is 38.6 Å². The van der Waals surface area contributed by atoms with Crippen molar-refractivity contribution in [1.29, 1.82) is 0 Å². The Morgan fingerprint density at radius 1 is 1.50 bits per heavy atom. The molecule has 0 aromatic rings. The van der Waals surface area contributed by atoms with Crippen molar-refractivity contribution in [3.63, 3.8) is 0 Å². The maximum Gasteiger partial charge on any atom is 0.0547 e. The lowest BCUT2D eigenvalue weighted by Crippen LogP contribution is -2.51. The highest BCUT2D eigenvalue weighted by atomic mass is 32.2. The molecule has 0 saturated carbocycles. The van der Waals surface area contributed by atoms with Gasteiger partial charge in [-0.05, 0) is 13.3 Å². The lowest BCUT2D eigenvalue weighted by molar-refractivity contribution is 0.0963. The van der Waals surface area contributed by atoms with Crippen molar-refractivity contribution in [2.45, 2.75) is 31.6 Å². The fourth-order valence-electron chi connectivity index (χ4n) is 2.65. The average molecular weight is 244 g/mol. The summed E-state index contributed by atoms with van der Waals surface area (Å²) in [5.41, 5.74) is 6.19. The standard InChI is InChI=1S/C12H24N2OS/c1-10-11(2)16-6-4-14(10)8-12(7-13)3-5-15-9-12/h10-11H,3-9,13H2,1-2H3. The fourth-order valence-corrected chi connectivity index (χ4v) is 3.81. The van der Waals surface area contributed by atoms with E-state index in [4.69, 9.17) is 10.5 Å². The zero-order chi connectivity index (χ0) is 11.6. The van der Waals surface area contributed by atoms with Crippen molar-refractivity contribution < 1.29 is 4.74 Å². The van der Waals surface area contributed by atoms with E-state index in [1.165, 1.54) is 12.3 Å². The smallest absolute Gasteiger partial charge is 0.0547 e. The molecule has 0 aromatic carbocycles. The van der Waals surface area contributed by atoms with Crippen molar-refractivity contribution >= 4 is 11.8 Å². The number of thioether (sulfide) groups is 1. The third-order valence-electron chi connectivity index (χ3n) is 4.17. The highest BCUT2D eigenvalue weighted by molar-refractivity contribution is 8.00. The summed E-state index contributed by atoms with van der Waals surface area (Å²) in [6, 6.07) is 0.669. The Bertz CT molecular complexity index is 231. The molecule has 2 rings (SSSR count). The van der Waals surface area contributed by atoms with Crippen LogP contribution in [-0.2, 0) is 4.74 Å². The first-order valence-electron chi connectivity index (χ1n) is 6.30. The molecule has 2 heterocycles. The van der Waals surface area contributed by atoms with Crippen LogP contribution in [0.3, 0.4) is 0 Å². The van der Waals surface area contributed by atoms with Gasteiger partial charge in [-0.1, -0.05) is 6.92 Å². The number of rotatable bonds is 3. The maximum atomic E-state index is 5.95. The molecule has 2 aliphatic heterocycles. The number of hydrogen-bond donors (Lipinski definition) is 1. The van der Waals surface area contributed by atoms with E-state index in [1.807, 2.05) is 0 Å². The van der Waals surface area contributed by atoms with Crippen LogP contribution in [0.5, 0.6) is 0 Å². The Hall–Kier alpha value is 0.230. The number of hydrogen-bond acceptors (Lipinski definition) is 4. The highest BCUT2D eigenvalue weighted by Gasteiger charge is 2.38. The fraction of sp³-hybridized carbons (Fsp3) is 1.00. The van der Waals surface area contributed by atoms with Crippen molar-refractivity contribution in [2.24, 2.45) is 11.1 Å². The average Bonchev–Trinajstić information content (AvgIpc) is 2.74. The molecule has 16 heavy (non-hydrogen) atoms. The normalized spacial score (nSPS) is 41.4. The molecule has 2 aliphatic rings. The van der Waals surface area contributed by atoms with Crippen LogP contribution in [0.4, 0.5) is 0 Å². The van der Waals surface area contributed by atoms with Gasteiger partial charge in [0, 0.05) is 48.7 Å². The molecule has 0 spiro atoms. The third kappa shape index (κ3) is 2.55. The first-order chi connectivity index (χ1) is 7.67. The second-order valence-corrected chi connectivity index (χ2v) is 6.78. The van der Waals surface area contributed by atoms with Gasteiger partial charge in [-0.15, -0.1) is 0 Å². The van der Waals surface area contributed by atoms with E-state index in [1.54, 1.807) is 0 Å². The van der Waals surface area contributed by atoms with Crippen molar-refractivity contribution in [3.8, 4) is 0 Å². The first-order valence-corrected chi connectivity index (χ1v) is 7.35. The molecule has 0 radical (unpaired) electrons. The molecular weight excluding hydrogens is 220 g/mol. The van der Waals surface area contributed by atoms with E-state index < -0.39 is 0 Å². The van der Waals surface area contributed by atoms with Crippen LogP contribution < -0.4 is 5.73 Å². The molecule has 0 amide bonds. The first kappa shape index (κ1) is 12.7. The lowest BCUT2D eigenvalue weighted by Gasteiger charge is -2.42. The van der Waals surface area contributed by atoms with Gasteiger partial charge in [-0.25, -0.2) is 0 Å². The predicted octanol–water partition coefficient (Wildman–Crippen LogP) is 1.18. The largest absolute Gasteiger partial charge is 0.381 e. The number of nitrogens with zero attached hydrogens (tertiary/aromatic N) is 1. The van der Waals surface area contributed by atoms with Gasteiger partial charge in [-0.2, -0.15) is 11.8 Å². The van der Waals surface area contributed by atoms with Crippen LogP contribution in [0.1, 0.15) is 20.3 Å². The van der Waals surface area contributed by atoms with Crippen LogP contribution in [-0.4, -0.2) is 54.8 Å². The highest BCUT2D eigenvalue weighted by Crippen LogP contribution is 2.32. The van der Waals surface area contributed by atoms with Gasteiger partial charge >= 0.3 is 0 Å². The second-order valence-electron chi connectivity index (χ2n) is 5.29. The van der Waals surface area contributed by atoms with Crippen molar-refractivity contribution in [3.05, 3.63) is 0 Å². The third-order valence-corrected chi connectivity index (χ3v) is 5.51. The lowest BCUT2D eigenvalue weighted by atomic mass is 9.86. The monoisotopic (exact) mass is 244 g/mol. The molecule has 2 fully saturated rings. The van der Waals surface area contributed by atoms with Crippen LogP contribution in [0, 0.1) is 5.41 Å². The quantitative estimate of drug-likeness (QED) is 0.809. The van der Waals surface area contributed by atoms with E-state index in [9.17, 15) is 0 Å². The maximum absolute atomic E-state index is 5.95. The van der Waals surface area contributed by atoms with E-state index >= 15 is 0 Å². The topological polar surface area (TPSA) is 38.5 Å². The molecule has 4 heteroatoms. The summed E-state index contributed by atoms with van der Waals surface area (Å²) in [7, 11) is 0. The minimum atomic E-state index is 0.232. The summed E-state index contributed by atoms with van der Waals surface area (Å²) in [4.78, 5) is 2.61. The Kier molecular flexibility index (Phi) is 4.16. The van der Waals surface area contributed by atoms with Crippen LogP contribution >= 0.6 is 11.8 Å². The molecule has 2 N–H and O–H groups in total. The zero-order valence-electron chi connectivity index (χ0n) is 10.4. The van der Waals surface area contributed by atoms with E-state index in [0.29, 0.717) is 6.04 Å². The summed E-state index contributed by atoms with van der Waals surface area (Å²) < 4.78 is 5.54. The molecule has 0 bridgehead atoms. The Morgan fingerprint density at radius 2 is 2.31 bits per heavy atom. The van der Waals surface area contributed by atoms with Crippen LogP contribution in [0.15, 0.2) is 0 Å². The Labute approximate surface area is 103 Å². The zero-order valence-corrected chi connectivity index (χ0v) is 11.3. The minimum Gasteiger partial charge on any atom is -0.381 e.